The van der Waals surface area contributed by atoms with Crippen molar-refractivity contribution in [1.29, 1.82) is 0 Å². The first-order valence-corrected chi connectivity index (χ1v) is 14.2. The minimum atomic E-state index is -0.533. The van der Waals surface area contributed by atoms with Crippen molar-refractivity contribution in [2.75, 3.05) is 24.5 Å². The number of hydrogen-bond acceptors (Lipinski definition) is 3. The zero-order valence-corrected chi connectivity index (χ0v) is 22.2. The van der Waals surface area contributed by atoms with Crippen molar-refractivity contribution in [1.82, 2.24) is 9.80 Å². The van der Waals surface area contributed by atoms with E-state index < -0.39 is 5.54 Å². The van der Waals surface area contributed by atoms with Crippen LogP contribution in [-0.4, -0.2) is 58.9 Å². The highest BCUT2D eigenvalue weighted by molar-refractivity contribution is 6.16. The fraction of sp³-hybridized carbons (Fsp3) is 0.548. The molecule has 1 spiro atoms. The number of likely N-dealkylation sites (tertiary alicyclic amines) is 2. The van der Waals surface area contributed by atoms with Gasteiger partial charge in [0.05, 0.1) is 0 Å². The molecule has 0 radical (unpaired) electrons. The Hall–Kier alpha value is -2.73. The maximum absolute atomic E-state index is 14.4. The number of carbonyl (C=O) groups is 1. The van der Waals surface area contributed by atoms with Gasteiger partial charge in [-0.15, -0.1) is 0 Å². The maximum atomic E-state index is 14.4. The van der Waals surface area contributed by atoms with Gasteiger partial charge in [0, 0.05) is 37.4 Å². The molecule has 3 aliphatic heterocycles. The average molecular weight is 503 g/mol. The lowest BCUT2D eigenvalue weighted by Gasteiger charge is -2.51. The van der Waals surface area contributed by atoms with Crippen LogP contribution in [0.4, 0.5) is 14.9 Å². The highest BCUT2D eigenvalue weighted by Crippen LogP contribution is 2.44. The summed E-state index contributed by atoms with van der Waals surface area (Å²) in [5.41, 5.74) is 2.77. The van der Waals surface area contributed by atoms with E-state index in [9.17, 15) is 9.18 Å². The highest BCUT2D eigenvalue weighted by Gasteiger charge is 2.56. The van der Waals surface area contributed by atoms with E-state index in [0.29, 0.717) is 17.8 Å². The quantitative estimate of drug-likeness (QED) is 0.488. The molecule has 3 heterocycles. The zero-order valence-electron chi connectivity index (χ0n) is 22.2. The summed E-state index contributed by atoms with van der Waals surface area (Å²) in [5, 5.41) is 0. The molecule has 1 unspecified atom stereocenters. The van der Waals surface area contributed by atoms with Gasteiger partial charge in [0.15, 0.2) is 0 Å². The van der Waals surface area contributed by atoms with Crippen LogP contribution in [0.25, 0.3) is 0 Å². The second-order valence-electron chi connectivity index (χ2n) is 11.8. The summed E-state index contributed by atoms with van der Waals surface area (Å²) in [7, 11) is 0. The Kier molecular flexibility index (Phi) is 6.56. The Morgan fingerprint density at radius 2 is 1.89 bits per heavy atom. The summed E-state index contributed by atoms with van der Waals surface area (Å²) in [6, 6.07) is 15.5. The second-order valence-corrected chi connectivity index (χ2v) is 11.8. The topological polar surface area (TPSA) is 39.2 Å². The van der Waals surface area contributed by atoms with Crippen LogP contribution in [0.5, 0.6) is 0 Å². The van der Waals surface area contributed by atoms with Gasteiger partial charge in [-0.3, -0.25) is 4.90 Å². The largest absolute Gasteiger partial charge is 0.355 e. The molecule has 3 atom stereocenters. The Balaban J connectivity index is 1.34. The Morgan fingerprint density at radius 3 is 2.62 bits per heavy atom. The molecule has 1 saturated carbocycles. The van der Waals surface area contributed by atoms with Crippen LogP contribution in [0.15, 0.2) is 53.5 Å². The summed E-state index contributed by atoms with van der Waals surface area (Å²) in [6.07, 6.45) is 8.84. The number of hydrogen-bond donors (Lipinski definition) is 0. The number of nitrogens with zero attached hydrogens (tertiary/aromatic N) is 4. The van der Waals surface area contributed by atoms with Crippen molar-refractivity contribution in [2.45, 2.75) is 82.8 Å². The summed E-state index contributed by atoms with van der Waals surface area (Å²) in [4.78, 5) is 25.3. The lowest BCUT2D eigenvalue weighted by Crippen LogP contribution is -2.64. The molecule has 37 heavy (non-hydrogen) atoms. The van der Waals surface area contributed by atoms with Crippen LogP contribution in [0, 0.1) is 18.7 Å². The molecule has 2 aromatic carbocycles. The number of amidine groups is 1. The maximum Gasteiger partial charge on any atom is 0.350 e. The van der Waals surface area contributed by atoms with Gasteiger partial charge < -0.3 is 9.80 Å². The fourth-order valence-corrected chi connectivity index (χ4v) is 7.21. The molecule has 6 heteroatoms. The molecule has 1 aliphatic carbocycles. The van der Waals surface area contributed by atoms with Crippen molar-refractivity contribution < 1.29 is 9.18 Å². The highest BCUT2D eigenvalue weighted by atomic mass is 19.1. The molecule has 0 aromatic heterocycles. The average Bonchev–Trinajstić information content (AvgIpc) is 3.40. The summed E-state index contributed by atoms with van der Waals surface area (Å²) >= 11 is 0. The molecule has 2 aromatic rings. The van der Waals surface area contributed by atoms with Gasteiger partial charge in [-0.2, -0.15) is 4.99 Å². The monoisotopic (exact) mass is 502 g/mol. The molecule has 0 N–H and O–H groups in total. The molecule has 2 saturated heterocycles. The van der Waals surface area contributed by atoms with Gasteiger partial charge >= 0.3 is 6.03 Å². The second kappa shape index (κ2) is 9.86. The van der Waals surface area contributed by atoms with E-state index in [1.807, 2.05) is 11.0 Å². The Labute approximate surface area is 220 Å². The number of carbonyl (C=O) groups excluding carboxylic acids is 1. The third kappa shape index (κ3) is 4.47. The number of urea groups is 1. The summed E-state index contributed by atoms with van der Waals surface area (Å²) in [5.74, 6) is 1.42. The normalized spacial score (nSPS) is 28.7. The fourth-order valence-electron chi connectivity index (χ4n) is 7.21. The Morgan fingerprint density at radius 1 is 1.05 bits per heavy atom. The van der Waals surface area contributed by atoms with Gasteiger partial charge in [-0.05, 0) is 94.0 Å². The van der Waals surface area contributed by atoms with Gasteiger partial charge in [0.2, 0.25) is 0 Å². The lowest BCUT2D eigenvalue weighted by molar-refractivity contribution is 0.0875. The van der Waals surface area contributed by atoms with Crippen molar-refractivity contribution >= 4 is 17.6 Å². The number of anilines is 1. The van der Waals surface area contributed by atoms with Gasteiger partial charge in [-0.1, -0.05) is 36.8 Å². The van der Waals surface area contributed by atoms with Gasteiger partial charge in [0.25, 0.3) is 0 Å². The number of aliphatic imine (C=N–C) groups is 1. The molecule has 5 nitrogen and oxygen atoms in total. The third-order valence-electron chi connectivity index (χ3n) is 9.46. The first kappa shape index (κ1) is 24.6. The van der Waals surface area contributed by atoms with E-state index in [4.69, 9.17) is 4.99 Å². The zero-order chi connectivity index (χ0) is 25.6. The molecular formula is C31H39FN4O. The first-order chi connectivity index (χ1) is 17.9. The van der Waals surface area contributed by atoms with Crippen LogP contribution in [-0.2, 0) is 6.42 Å². The van der Waals surface area contributed by atoms with Crippen LogP contribution in [0.3, 0.4) is 0 Å². The van der Waals surface area contributed by atoms with Crippen molar-refractivity contribution in [3.63, 3.8) is 0 Å². The molecule has 0 bridgehead atoms. The number of aryl methyl sites for hydroxylation is 1. The van der Waals surface area contributed by atoms with Crippen LogP contribution >= 0.6 is 0 Å². The SMILES string of the molecule is Cc1ccccc1CC1CCCN1C1=NC(=O)N(c2cccc(F)c2)[C@@]12CCN(CC1CCC1)[C@@H](C)C2. The molecule has 196 valence electrons. The van der Waals surface area contributed by atoms with Crippen LogP contribution in [0.2, 0.25) is 0 Å². The lowest BCUT2D eigenvalue weighted by atomic mass is 9.78. The van der Waals surface area contributed by atoms with Gasteiger partial charge in [0.1, 0.15) is 17.2 Å². The first-order valence-electron chi connectivity index (χ1n) is 14.2. The standard InChI is InChI=1S/C31H39FN4O/c1-22-8-3-4-11-25(22)18-27-14-7-16-35(27)29-31(15-17-34(23(2)20-31)21-24-9-5-10-24)36(30(37)33-29)28-13-6-12-26(32)19-28/h3-4,6,8,11-13,19,23-24,27H,5,7,9-10,14-18,20-21H2,1-2H3/t23-,27?,31+/m0/s1. The van der Waals surface area contributed by atoms with Crippen molar-refractivity contribution in [3.05, 3.63) is 65.5 Å². The molecule has 4 aliphatic rings. The molecule has 3 fully saturated rings. The predicted molar refractivity (Wildman–Crippen MR) is 147 cm³/mol. The van der Waals surface area contributed by atoms with E-state index in [2.05, 4.69) is 47.9 Å². The number of halogens is 1. The van der Waals surface area contributed by atoms with Crippen molar-refractivity contribution in [2.24, 2.45) is 10.9 Å². The summed E-state index contributed by atoms with van der Waals surface area (Å²) in [6.45, 7) is 7.49. The number of rotatable bonds is 5. The number of benzene rings is 2. The van der Waals surface area contributed by atoms with Crippen molar-refractivity contribution in [3.8, 4) is 0 Å². The number of piperidine rings is 1. The van der Waals surface area contributed by atoms with E-state index >= 15 is 0 Å². The van der Waals surface area contributed by atoms with E-state index in [-0.39, 0.29) is 11.8 Å². The van der Waals surface area contributed by atoms with E-state index in [0.717, 1.165) is 63.5 Å². The van der Waals surface area contributed by atoms with Crippen LogP contribution < -0.4 is 4.90 Å². The van der Waals surface area contributed by atoms with Crippen LogP contribution in [0.1, 0.15) is 63.0 Å². The minimum absolute atomic E-state index is 0.248. The van der Waals surface area contributed by atoms with Gasteiger partial charge in [-0.25, -0.2) is 9.18 Å². The molecule has 6 rings (SSSR count). The summed E-state index contributed by atoms with van der Waals surface area (Å²) < 4.78 is 14.4. The molecular weight excluding hydrogens is 463 g/mol. The minimum Gasteiger partial charge on any atom is -0.355 e. The Bertz CT molecular complexity index is 1190. The number of amides is 2. The van der Waals surface area contributed by atoms with E-state index in [1.165, 1.54) is 42.5 Å². The molecule has 2 amide bonds. The van der Waals surface area contributed by atoms with E-state index in [1.54, 1.807) is 6.07 Å². The smallest absolute Gasteiger partial charge is 0.350 e. The predicted octanol–water partition coefficient (Wildman–Crippen LogP) is 6.20. The third-order valence-corrected chi connectivity index (χ3v) is 9.46.